The third kappa shape index (κ3) is 4.53. The molecular formula is C55H36N2. The first-order valence-electron chi connectivity index (χ1n) is 19.8. The number of para-hydroxylation sites is 3. The van der Waals surface area contributed by atoms with E-state index >= 15 is 0 Å². The maximum atomic E-state index is 2.51. The smallest absolute Gasteiger partial charge is 0.0755 e. The predicted octanol–water partition coefficient (Wildman–Crippen LogP) is 14.3. The Labute approximate surface area is 332 Å². The Morgan fingerprint density at radius 3 is 1.54 bits per heavy atom. The van der Waals surface area contributed by atoms with Crippen LogP contribution in [0.5, 0.6) is 0 Å². The molecule has 2 heterocycles. The Morgan fingerprint density at radius 1 is 0.333 bits per heavy atom. The van der Waals surface area contributed by atoms with Crippen LogP contribution < -0.4 is 4.90 Å². The highest BCUT2D eigenvalue weighted by molar-refractivity contribution is 6.13. The second kappa shape index (κ2) is 12.3. The average molecular weight is 725 g/mol. The Balaban J connectivity index is 1.12. The van der Waals surface area contributed by atoms with E-state index in [9.17, 15) is 0 Å². The molecule has 0 fully saturated rings. The van der Waals surface area contributed by atoms with Crippen molar-refractivity contribution in [3.63, 3.8) is 0 Å². The third-order valence-corrected chi connectivity index (χ3v) is 12.4. The molecule has 10 aromatic rings. The normalized spacial score (nSPS) is 14.7. The monoisotopic (exact) mass is 724 g/mol. The summed E-state index contributed by atoms with van der Waals surface area (Å²) in [6, 6.07) is 80.5. The zero-order valence-electron chi connectivity index (χ0n) is 31.2. The number of nitrogens with zero attached hydrogens (tertiary/aromatic N) is 2. The Bertz CT molecular complexity index is 3080. The lowest BCUT2D eigenvalue weighted by atomic mass is 9.65. The van der Waals surface area contributed by atoms with Crippen LogP contribution in [0.4, 0.5) is 17.1 Å². The summed E-state index contributed by atoms with van der Waals surface area (Å²) in [4.78, 5) is 2.42. The molecule has 0 saturated heterocycles. The number of hydrogen-bond acceptors (Lipinski definition) is 1. The number of fused-ring (bicyclic) bond motifs is 12. The van der Waals surface area contributed by atoms with Crippen LogP contribution in [-0.4, -0.2) is 4.57 Å². The van der Waals surface area contributed by atoms with Gasteiger partial charge in [0.25, 0.3) is 0 Å². The summed E-state index contributed by atoms with van der Waals surface area (Å²) in [5, 5.41) is 2.57. The van der Waals surface area contributed by atoms with Crippen LogP contribution in [0.3, 0.4) is 0 Å². The number of hydrogen-bond donors (Lipinski definition) is 0. The molecule has 2 heteroatoms. The minimum absolute atomic E-state index is 0.525. The highest BCUT2D eigenvalue weighted by Crippen LogP contribution is 2.61. The van der Waals surface area contributed by atoms with Crippen molar-refractivity contribution in [2.45, 2.75) is 5.41 Å². The Kier molecular flexibility index (Phi) is 6.88. The average Bonchev–Trinajstić information content (AvgIpc) is 3.78. The van der Waals surface area contributed by atoms with Crippen LogP contribution in [-0.2, 0) is 5.41 Å². The summed E-state index contributed by atoms with van der Waals surface area (Å²) >= 11 is 0. The molecule has 266 valence electrons. The van der Waals surface area contributed by atoms with Gasteiger partial charge in [-0.1, -0.05) is 170 Å². The van der Waals surface area contributed by atoms with Crippen LogP contribution in [0.25, 0.3) is 60.9 Å². The molecule has 1 aliphatic carbocycles. The molecule has 9 aromatic carbocycles. The maximum absolute atomic E-state index is 2.51. The van der Waals surface area contributed by atoms with Crippen molar-refractivity contribution < 1.29 is 0 Å². The second-order valence-electron chi connectivity index (χ2n) is 15.3. The van der Waals surface area contributed by atoms with Crippen molar-refractivity contribution in [2.24, 2.45) is 0 Å². The highest BCUT2D eigenvalue weighted by Gasteiger charge is 2.51. The molecule has 0 amide bonds. The predicted molar refractivity (Wildman–Crippen MR) is 237 cm³/mol. The quantitative estimate of drug-likeness (QED) is 0.172. The van der Waals surface area contributed by atoms with E-state index in [1.165, 1.54) is 83.1 Å². The van der Waals surface area contributed by atoms with Crippen molar-refractivity contribution in [2.75, 3.05) is 4.90 Å². The lowest BCUT2D eigenvalue weighted by molar-refractivity contribution is 0.748. The van der Waals surface area contributed by atoms with Crippen LogP contribution in [0.15, 0.2) is 218 Å². The molecular weight excluding hydrogens is 689 g/mol. The van der Waals surface area contributed by atoms with Crippen LogP contribution in [0.1, 0.15) is 22.3 Å². The fourth-order valence-electron chi connectivity index (χ4n) is 10.0. The van der Waals surface area contributed by atoms with Gasteiger partial charge in [-0.15, -0.1) is 0 Å². The summed E-state index contributed by atoms with van der Waals surface area (Å²) in [7, 11) is 0. The molecule has 1 aromatic heterocycles. The second-order valence-corrected chi connectivity index (χ2v) is 15.3. The number of aromatic nitrogens is 1. The SMILES string of the molecule is c1ccc(-c2ccc(N(c3ccc(-c4ccccc4)cc3)c3ccc4c(c3)C3(c5ccccc5-4)c4ccccc4-n4c5ccccc5c5cccc3c54)cc2)cc1. The first-order chi connectivity index (χ1) is 28.3. The molecule has 0 bridgehead atoms. The van der Waals surface area contributed by atoms with E-state index in [4.69, 9.17) is 0 Å². The van der Waals surface area contributed by atoms with E-state index in [-0.39, 0.29) is 0 Å². The Morgan fingerprint density at radius 2 is 0.842 bits per heavy atom. The van der Waals surface area contributed by atoms with Gasteiger partial charge in [-0.25, -0.2) is 0 Å². The van der Waals surface area contributed by atoms with Gasteiger partial charge in [0.2, 0.25) is 0 Å². The Hall–Kier alpha value is -7.42. The van der Waals surface area contributed by atoms with Crippen molar-refractivity contribution in [1.29, 1.82) is 0 Å². The van der Waals surface area contributed by atoms with E-state index in [0.717, 1.165) is 17.1 Å². The van der Waals surface area contributed by atoms with E-state index in [0.29, 0.717) is 0 Å². The van der Waals surface area contributed by atoms with Gasteiger partial charge in [0.15, 0.2) is 0 Å². The topological polar surface area (TPSA) is 8.17 Å². The molecule has 1 aliphatic heterocycles. The van der Waals surface area contributed by atoms with E-state index in [1.54, 1.807) is 0 Å². The van der Waals surface area contributed by atoms with Crippen molar-refractivity contribution >= 4 is 38.9 Å². The van der Waals surface area contributed by atoms with E-state index in [1.807, 2.05) is 0 Å². The molecule has 0 N–H and O–H groups in total. The molecule has 57 heavy (non-hydrogen) atoms. The van der Waals surface area contributed by atoms with Gasteiger partial charge in [-0.2, -0.15) is 0 Å². The third-order valence-electron chi connectivity index (χ3n) is 12.4. The van der Waals surface area contributed by atoms with Gasteiger partial charge >= 0.3 is 0 Å². The first-order valence-corrected chi connectivity index (χ1v) is 19.8. The lowest BCUT2D eigenvalue weighted by Crippen LogP contribution is -2.33. The molecule has 1 atom stereocenters. The van der Waals surface area contributed by atoms with Gasteiger partial charge in [-0.05, 0) is 104 Å². The van der Waals surface area contributed by atoms with Gasteiger partial charge in [0.05, 0.1) is 22.1 Å². The molecule has 2 nitrogen and oxygen atoms in total. The molecule has 1 spiro atoms. The summed E-state index contributed by atoms with van der Waals surface area (Å²) in [5.41, 5.74) is 19.2. The molecule has 2 aliphatic rings. The number of benzene rings is 9. The summed E-state index contributed by atoms with van der Waals surface area (Å²) in [6.45, 7) is 0. The van der Waals surface area contributed by atoms with E-state index < -0.39 is 5.41 Å². The van der Waals surface area contributed by atoms with Crippen LogP contribution >= 0.6 is 0 Å². The number of anilines is 3. The summed E-state index contributed by atoms with van der Waals surface area (Å²) < 4.78 is 2.51. The minimum atomic E-state index is -0.525. The van der Waals surface area contributed by atoms with Gasteiger partial charge in [0.1, 0.15) is 0 Å². The first kappa shape index (κ1) is 31.9. The van der Waals surface area contributed by atoms with Crippen LogP contribution in [0.2, 0.25) is 0 Å². The zero-order chi connectivity index (χ0) is 37.5. The minimum Gasteiger partial charge on any atom is -0.310 e. The van der Waals surface area contributed by atoms with Crippen molar-refractivity contribution in [3.05, 3.63) is 241 Å². The largest absolute Gasteiger partial charge is 0.310 e. The van der Waals surface area contributed by atoms with Gasteiger partial charge in [-0.3, -0.25) is 0 Å². The zero-order valence-corrected chi connectivity index (χ0v) is 31.2. The standard InChI is InChI=1S/C55H36N2/c1-3-14-37(15-4-1)39-26-30-41(31-27-39)56(42-32-28-40(29-33-42)38-16-5-2-6-17-38)43-34-35-45-44-18-7-9-21-48(44)55(51(45)36-43)49-22-10-12-25-53(49)57-52-24-11-8-19-46(52)47-20-13-23-50(55)54(47)57/h1-36H. The fourth-order valence-corrected chi connectivity index (χ4v) is 10.0. The summed E-state index contributed by atoms with van der Waals surface area (Å²) in [6.07, 6.45) is 0. The van der Waals surface area contributed by atoms with Crippen molar-refractivity contribution in [3.8, 4) is 39.1 Å². The molecule has 0 radical (unpaired) electrons. The van der Waals surface area contributed by atoms with Gasteiger partial charge in [0, 0.05) is 27.8 Å². The van der Waals surface area contributed by atoms with Gasteiger partial charge < -0.3 is 9.47 Å². The summed E-state index contributed by atoms with van der Waals surface area (Å²) in [5.74, 6) is 0. The molecule has 12 rings (SSSR count). The van der Waals surface area contributed by atoms with Crippen LogP contribution in [0, 0.1) is 0 Å². The molecule has 1 unspecified atom stereocenters. The fraction of sp³-hybridized carbons (Fsp3) is 0.0182. The molecule has 0 saturated carbocycles. The highest BCUT2D eigenvalue weighted by atomic mass is 15.1. The maximum Gasteiger partial charge on any atom is 0.0755 e. The lowest BCUT2D eigenvalue weighted by Gasteiger charge is -2.40. The van der Waals surface area contributed by atoms with E-state index in [2.05, 4.69) is 228 Å². The number of rotatable bonds is 5. The van der Waals surface area contributed by atoms with Crippen molar-refractivity contribution in [1.82, 2.24) is 4.57 Å².